The third-order valence-corrected chi connectivity index (χ3v) is 6.35. The minimum absolute atomic E-state index is 0.126. The van der Waals surface area contributed by atoms with Gasteiger partial charge in [0.15, 0.2) is 0 Å². The van der Waals surface area contributed by atoms with E-state index in [9.17, 15) is 18.0 Å². The zero-order valence-corrected chi connectivity index (χ0v) is 19.1. The SMILES string of the molecule is O=C(N1CCN(C2COC2)CC1)N(Cc1ccc(-c2nnc(C(F)F)o2)cc1F)c1ccc(F)cc1. The number of piperazine rings is 1. The lowest BCUT2D eigenvalue weighted by molar-refractivity contribution is -0.0738. The highest BCUT2D eigenvalue weighted by Gasteiger charge is 2.32. The Morgan fingerprint density at radius 2 is 1.75 bits per heavy atom. The predicted octanol–water partition coefficient (Wildman–Crippen LogP) is 4.10. The van der Waals surface area contributed by atoms with Crippen LogP contribution in [0.4, 0.5) is 28.0 Å². The van der Waals surface area contributed by atoms with Crippen LogP contribution in [-0.4, -0.2) is 71.5 Å². The van der Waals surface area contributed by atoms with Gasteiger partial charge in [0.1, 0.15) is 11.6 Å². The number of benzene rings is 2. The zero-order chi connectivity index (χ0) is 25.2. The number of nitrogens with zero attached hydrogens (tertiary/aromatic N) is 5. The molecule has 2 aliphatic heterocycles. The number of alkyl halides is 2. The van der Waals surface area contributed by atoms with E-state index in [4.69, 9.17) is 9.15 Å². The molecule has 36 heavy (non-hydrogen) atoms. The van der Waals surface area contributed by atoms with E-state index in [2.05, 4.69) is 15.1 Å². The molecule has 12 heteroatoms. The molecule has 5 rings (SSSR count). The van der Waals surface area contributed by atoms with Gasteiger partial charge in [-0.1, -0.05) is 6.07 Å². The summed E-state index contributed by atoms with van der Waals surface area (Å²) in [5.74, 6) is -2.23. The Labute approximate surface area is 204 Å². The van der Waals surface area contributed by atoms with Gasteiger partial charge in [-0.05, 0) is 36.4 Å². The molecule has 0 bridgehead atoms. The van der Waals surface area contributed by atoms with Crippen LogP contribution in [0.3, 0.4) is 0 Å². The van der Waals surface area contributed by atoms with Crippen molar-refractivity contribution in [3.8, 4) is 11.5 Å². The van der Waals surface area contributed by atoms with Crippen LogP contribution in [0, 0.1) is 11.6 Å². The maximum Gasteiger partial charge on any atom is 0.324 e. The molecule has 0 saturated carbocycles. The van der Waals surface area contributed by atoms with Gasteiger partial charge in [0.05, 0.1) is 25.8 Å². The fraction of sp³-hybridized carbons (Fsp3) is 0.375. The first-order chi connectivity index (χ1) is 17.4. The van der Waals surface area contributed by atoms with E-state index in [-0.39, 0.29) is 29.6 Å². The van der Waals surface area contributed by atoms with Crippen molar-refractivity contribution in [2.75, 3.05) is 44.3 Å². The molecule has 2 aromatic carbocycles. The number of carbonyl (C=O) groups is 1. The summed E-state index contributed by atoms with van der Waals surface area (Å²) in [5, 5.41) is 6.78. The summed E-state index contributed by atoms with van der Waals surface area (Å²) in [7, 11) is 0. The van der Waals surface area contributed by atoms with E-state index in [1.165, 1.54) is 41.3 Å². The van der Waals surface area contributed by atoms with Gasteiger partial charge >= 0.3 is 12.5 Å². The number of rotatable bonds is 6. The Bertz CT molecular complexity index is 1210. The molecule has 2 saturated heterocycles. The third-order valence-electron chi connectivity index (χ3n) is 6.35. The average molecular weight is 505 g/mol. The molecule has 190 valence electrons. The summed E-state index contributed by atoms with van der Waals surface area (Å²) in [5.41, 5.74) is 0.722. The largest absolute Gasteiger partial charge is 0.415 e. The van der Waals surface area contributed by atoms with Crippen molar-refractivity contribution in [3.63, 3.8) is 0 Å². The first kappa shape index (κ1) is 24.2. The van der Waals surface area contributed by atoms with E-state index in [1.54, 1.807) is 4.90 Å². The Morgan fingerprint density at radius 1 is 1.03 bits per heavy atom. The van der Waals surface area contributed by atoms with Crippen molar-refractivity contribution in [3.05, 3.63) is 65.6 Å². The van der Waals surface area contributed by atoms with Gasteiger partial charge < -0.3 is 14.1 Å². The molecule has 1 aromatic heterocycles. The standard InChI is InChI=1S/C24H23F4N5O3/c25-17-3-5-18(6-4-17)33(24(34)32-9-7-31(8-10-32)19-13-35-14-19)12-16-2-1-15(11-20(16)26)22-29-30-23(36-22)21(27)28/h1-6,11,19,21H,7-10,12-14H2. The lowest BCUT2D eigenvalue weighted by Gasteiger charge is -2.43. The minimum atomic E-state index is -2.94. The van der Waals surface area contributed by atoms with Gasteiger partial charge in [-0.25, -0.2) is 13.6 Å². The number of carbonyl (C=O) groups excluding carboxylic acids is 1. The van der Waals surface area contributed by atoms with Gasteiger partial charge in [0.25, 0.3) is 5.89 Å². The van der Waals surface area contributed by atoms with Crippen LogP contribution in [0.25, 0.3) is 11.5 Å². The van der Waals surface area contributed by atoms with Gasteiger partial charge in [-0.3, -0.25) is 9.80 Å². The topological polar surface area (TPSA) is 74.9 Å². The quantitative estimate of drug-likeness (QED) is 0.470. The molecule has 2 fully saturated rings. The second-order valence-electron chi connectivity index (χ2n) is 8.61. The molecule has 0 N–H and O–H groups in total. The van der Waals surface area contributed by atoms with Crippen molar-refractivity contribution in [2.45, 2.75) is 19.0 Å². The first-order valence-electron chi connectivity index (χ1n) is 11.4. The molecule has 0 radical (unpaired) electrons. The van der Waals surface area contributed by atoms with Crippen molar-refractivity contribution < 1.29 is 31.5 Å². The lowest BCUT2D eigenvalue weighted by atomic mass is 10.1. The van der Waals surface area contributed by atoms with Crippen molar-refractivity contribution in [1.82, 2.24) is 20.0 Å². The molecular weight excluding hydrogens is 482 g/mol. The predicted molar refractivity (Wildman–Crippen MR) is 120 cm³/mol. The molecule has 0 unspecified atom stereocenters. The first-order valence-corrected chi connectivity index (χ1v) is 11.4. The Kier molecular flexibility index (Phi) is 6.88. The van der Waals surface area contributed by atoms with Crippen LogP contribution < -0.4 is 4.90 Å². The fourth-order valence-corrected chi connectivity index (χ4v) is 4.19. The summed E-state index contributed by atoms with van der Waals surface area (Å²) >= 11 is 0. The van der Waals surface area contributed by atoms with Crippen molar-refractivity contribution >= 4 is 11.7 Å². The van der Waals surface area contributed by atoms with Gasteiger partial charge in [-0.2, -0.15) is 8.78 Å². The second kappa shape index (κ2) is 10.2. The van der Waals surface area contributed by atoms with Crippen molar-refractivity contribution in [1.29, 1.82) is 0 Å². The highest BCUT2D eigenvalue weighted by atomic mass is 19.3. The average Bonchev–Trinajstić information content (AvgIpc) is 3.34. The minimum Gasteiger partial charge on any atom is -0.415 e. The van der Waals surface area contributed by atoms with Gasteiger partial charge in [0, 0.05) is 43.0 Å². The Morgan fingerprint density at radius 3 is 2.33 bits per heavy atom. The summed E-state index contributed by atoms with van der Waals surface area (Å²) < 4.78 is 64.2. The number of hydrogen-bond donors (Lipinski definition) is 0. The molecule has 8 nitrogen and oxygen atoms in total. The van der Waals surface area contributed by atoms with E-state index < -0.39 is 24.0 Å². The number of amides is 2. The highest BCUT2D eigenvalue weighted by Crippen LogP contribution is 2.27. The molecule has 3 aromatic rings. The zero-order valence-electron chi connectivity index (χ0n) is 19.1. The molecule has 0 aliphatic carbocycles. The van der Waals surface area contributed by atoms with Crippen LogP contribution in [0.15, 0.2) is 46.9 Å². The third kappa shape index (κ3) is 5.05. The van der Waals surface area contributed by atoms with Crippen LogP contribution in [0.5, 0.6) is 0 Å². The van der Waals surface area contributed by atoms with Crippen LogP contribution in [0.1, 0.15) is 17.9 Å². The maximum absolute atomic E-state index is 15.1. The summed E-state index contributed by atoms with van der Waals surface area (Å²) in [4.78, 5) is 18.9. The number of urea groups is 1. The normalized spacial score (nSPS) is 16.9. The van der Waals surface area contributed by atoms with Gasteiger partial charge in [-0.15, -0.1) is 10.2 Å². The number of aromatic nitrogens is 2. The summed E-state index contributed by atoms with van der Waals surface area (Å²) in [6.45, 7) is 3.65. The van der Waals surface area contributed by atoms with Crippen molar-refractivity contribution in [2.24, 2.45) is 0 Å². The van der Waals surface area contributed by atoms with E-state index in [0.717, 1.165) is 6.07 Å². The fourth-order valence-electron chi connectivity index (χ4n) is 4.19. The van der Waals surface area contributed by atoms with E-state index in [1.807, 2.05) is 0 Å². The highest BCUT2D eigenvalue weighted by molar-refractivity contribution is 5.92. The lowest BCUT2D eigenvalue weighted by Crippen LogP contribution is -2.59. The Hall–Kier alpha value is -3.51. The smallest absolute Gasteiger partial charge is 0.324 e. The maximum atomic E-state index is 15.1. The van der Waals surface area contributed by atoms with Crippen LogP contribution in [-0.2, 0) is 11.3 Å². The summed E-state index contributed by atoms with van der Waals surface area (Å²) in [6, 6.07) is 9.41. The molecule has 0 spiro atoms. The molecule has 0 atom stereocenters. The number of hydrogen-bond acceptors (Lipinski definition) is 6. The molecule has 2 amide bonds. The Balaban J connectivity index is 1.35. The van der Waals surface area contributed by atoms with E-state index >= 15 is 4.39 Å². The summed E-state index contributed by atoms with van der Waals surface area (Å²) in [6.07, 6.45) is -2.94. The number of halogens is 4. The van der Waals surface area contributed by atoms with Crippen LogP contribution in [0.2, 0.25) is 0 Å². The van der Waals surface area contributed by atoms with Crippen LogP contribution >= 0.6 is 0 Å². The molecular formula is C24H23F4N5O3. The number of anilines is 1. The molecule has 2 aliphatic rings. The number of ether oxygens (including phenoxy) is 1. The van der Waals surface area contributed by atoms with E-state index in [0.29, 0.717) is 51.1 Å². The second-order valence-corrected chi connectivity index (χ2v) is 8.61. The van der Waals surface area contributed by atoms with Gasteiger partial charge in [0.2, 0.25) is 5.89 Å². The monoisotopic (exact) mass is 505 g/mol. The molecule has 3 heterocycles.